The highest BCUT2D eigenvalue weighted by Crippen LogP contribution is 2.29. The number of hydrogen-bond donors (Lipinski definition) is 0. The summed E-state index contributed by atoms with van der Waals surface area (Å²) in [4.78, 5) is 26.5. The maximum atomic E-state index is 14.7. The zero-order valence-electron chi connectivity index (χ0n) is 17.3. The van der Waals surface area contributed by atoms with E-state index in [0.29, 0.717) is 6.20 Å². The number of alkyl halides is 3. The lowest BCUT2D eigenvalue weighted by Crippen LogP contribution is -2.42. The maximum absolute atomic E-state index is 14.7. The molecular formula is C22H20F4N4O2. The highest BCUT2D eigenvalue weighted by Gasteiger charge is 2.31. The first-order valence-electron chi connectivity index (χ1n) is 9.75. The van der Waals surface area contributed by atoms with Crippen molar-refractivity contribution < 1.29 is 27.1 Å². The van der Waals surface area contributed by atoms with Crippen LogP contribution in [-0.4, -0.2) is 45.0 Å². The molecule has 32 heavy (non-hydrogen) atoms. The van der Waals surface area contributed by atoms with Gasteiger partial charge in [-0.05, 0) is 32.0 Å². The van der Waals surface area contributed by atoms with Crippen LogP contribution in [0.2, 0.25) is 0 Å². The number of ether oxygens (including phenoxy) is 1. The molecule has 2 aromatic heterocycles. The van der Waals surface area contributed by atoms with E-state index in [-0.39, 0.29) is 36.0 Å². The van der Waals surface area contributed by atoms with Crippen molar-refractivity contribution in [1.82, 2.24) is 19.9 Å². The first-order valence-corrected chi connectivity index (χ1v) is 9.75. The van der Waals surface area contributed by atoms with Crippen LogP contribution in [0.15, 0.2) is 55.0 Å². The van der Waals surface area contributed by atoms with Crippen molar-refractivity contribution in [1.29, 1.82) is 0 Å². The smallest absolute Gasteiger partial charge is 0.417 e. The van der Waals surface area contributed by atoms with Crippen LogP contribution in [0.3, 0.4) is 0 Å². The fraction of sp³-hybridized carbons (Fsp3) is 0.273. The predicted molar refractivity (Wildman–Crippen MR) is 108 cm³/mol. The van der Waals surface area contributed by atoms with Crippen LogP contribution in [0.1, 0.15) is 29.8 Å². The molecule has 0 saturated heterocycles. The molecule has 0 aliphatic rings. The molecule has 1 aromatic carbocycles. The van der Waals surface area contributed by atoms with Gasteiger partial charge in [-0.15, -0.1) is 0 Å². The Morgan fingerprint density at radius 3 is 2.41 bits per heavy atom. The van der Waals surface area contributed by atoms with Crippen molar-refractivity contribution in [2.24, 2.45) is 0 Å². The Bertz CT molecular complexity index is 1060. The maximum Gasteiger partial charge on any atom is 0.417 e. The first kappa shape index (κ1) is 23.1. The summed E-state index contributed by atoms with van der Waals surface area (Å²) in [7, 11) is 0. The van der Waals surface area contributed by atoms with Gasteiger partial charge in [-0.2, -0.15) is 13.2 Å². The van der Waals surface area contributed by atoms with Crippen LogP contribution in [0.5, 0.6) is 5.88 Å². The Kier molecular flexibility index (Phi) is 7.01. The minimum atomic E-state index is -4.50. The fourth-order valence-corrected chi connectivity index (χ4v) is 3.09. The van der Waals surface area contributed by atoms with Gasteiger partial charge in [0.15, 0.2) is 5.82 Å². The van der Waals surface area contributed by atoms with Crippen LogP contribution in [-0.2, 0) is 6.18 Å². The minimum absolute atomic E-state index is 0.0161. The van der Waals surface area contributed by atoms with E-state index in [2.05, 4.69) is 15.0 Å². The van der Waals surface area contributed by atoms with E-state index < -0.39 is 29.5 Å². The summed E-state index contributed by atoms with van der Waals surface area (Å²) in [5.41, 5.74) is -0.801. The van der Waals surface area contributed by atoms with Crippen molar-refractivity contribution in [2.75, 3.05) is 13.2 Å². The van der Waals surface area contributed by atoms with E-state index in [1.165, 1.54) is 29.4 Å². The Balaban J connectivity index is 1.78. The van der Waals surface area contributed by atoms with Crippen molar-refractivity contribution in [3.8, 4) is 17.3 Å². The van der Waals surface area contributed by atoms with Gasteiger partial charge in [-0.25, -0.2) is 19.3 Å². The van der Waals surface area contributed by atoms with Crippen molar-refractivity contribution >= 4 is 5.91 Å². The number of pyridine rings is 1. The number of hydrogen-bond acceptors (Lipinski definition) is 5. The average molecular weight is 448 g/mol. The van der Waals surface area contributed by atoms with E-state index >= 15 is 0 Å². The topological polar surface area (TPSA) is 68.2 Å². The summed E-state index contributed by atoms with van der Waals surface area (Å²) in [5.74, 6) is -1.10. The summed E-state index contributed by atoms with van der Waals surface area (Å²) in [5, 5.41) is 0. The molecule has 2 heterocycles. The monoisotopic (exact) mass is 448 g/mol. The highest BCUT2D eigenvalue weighted by molar-refractivity contribution is 6.00. The van der Waals surface area contributed by atoms with Crippen LogP contribution in [0.4, 0.5) is 17.6 Å². The number of amides is 1. The number of halogens is 4. The molecular weight excluding hydrogens is 428 g/mol. The van der Waals surface area contributed by atoms with Crippen LogP contribution in [0, 0.1) is 5.82 Å². The van der Waals surface area contributed by atoms with Gasteiger partial charge < -0.3 is 9.64 Å². The molecule has 0 aliphatic heterocycles. The summed E-state index contributed by atoms with van der Waals surface area (Å²) in [6.07, 6.45) is -0.836. The molecule has 0 aliphatic carbocycles. The summed E-state index contributed by atoms with van der Waals surface area (Å²) < 4.78 is 58.1. The molecule has 0 saturated carbocycles. The van der Waals surface area contributed by atoms with Crippen LogP contribution in [0.25, 0.3) is 11.4 Å². The standard InChI is InChI=1S/C22H20F4N4O2/c1-3-30(14(2)13-32-18-9-8-15(12-29-18)22(24,25)26)21(31)19-16(6-4-7-17(19)23)20-27-10-5-11-28-20/h4-12,14H,3,13H2,1-2H3/t14-/m0/s1. The van der Waals surface area contributed by atoms with Gasteiger partial charge in [0.25, 0.3) is 5.91 Å². The number of carbonyl (C=O) groups excluding carboxylic acids is 1. The largest absolute Gasteiger partial charge is 0.475 e. The van der Waals surface area contributed by atoms with E-state index in [1.54, 1.807) is 26.0 Å². The number of aromatic nitrogens is 3. The molecule has 3 aromatic rings. The predicted octanol–water partition coefficient (Wildman–Crippen LogP) is 4.63. The van der Waals surface area contributed by atoms with Gasteiger partial charge in [0.05, 0.1) is 17.2 Å². The van der Waals surface area contributed by atoms with Gasteiger partial charge in [-0.3, -0.25) is 4.79 Å². The Morgan fingerprint density at radius 2 is 1.81 bits per heavy atom. The molecule has 0 fully saturated rings. The summed E-state index contributed by atoms with van der Waals surface area (Å²) in [6, 6.07) is 7.26. The van der Waals surface area contributed by atoms with Gasteiger partial charge in [0.1, 0.15) is 12.4 Å². The van der Waals surface area contributed by atoms with Gasteiger partial charge in [-0.1, -0.05) is 12.1 Å². The third-order valence-electron chi connectivity index (χ3n) is 4.70. The minimum Gasteiger partial charge on any atom is -0.475 e. The average Bonchev–Trinajstić information content (AvgIpc) is 2.78. The van der Waals surface area contributed by atoms with E-state index in [4.69, 9.17) is 4.74 Å². The highest BCUT2D eigenvalue weighted by atomic mass is 19.4. The number of carbonyl (C=O) groups is 1. The third kappa shape index (κ3) is 5.19. The second-order valence-corrected chi connectivity index (χ2v) is 6.87. The number of nitrogens with zero attached hydrogens (tertiary/aromatic N) is 4. The Labute approximate surface area is 181 Å². The van der Waals surface area contributed by atoms with Crippen LogP contribution < -0.4 is 4.74 Å². The molecule has 1 amide bonds. The van der Waals surface area contributed by atoms with E-state index in [9.17, 15) is 22.4 Å². The summed E-state index contributed by atoms with van der Waals surface area (Å²) >= 11 is 0. The Morgan fingerprint density at radius 1 is 1.09 bits per heavy atom. The second kappa shape index (κ2) is 9.71. The zero-order valence-corrected chi connectivity index (χ0v) is 17.3. The van der Waals surface area contributed by atoms with Crippen molar-refractivity contribution in [3.63, 3.8) is 0 Å². The molecule has 0 spiro atoms. The molecule has 1 atom stereocenters. The van der Waals surface area contributed by atoms with Gasteiger partial charge >= 0.3 is 6.18 Å². The molecule has 3 rings (SSSR count). The molecule has 168 valence electrons. The molecule has 0 radical (unpaired) electrons. The SMILES string of the molecule is CCN(C(=O)c1c(F)cccc1-c1ncccn1)[C@@H](C)COc1ccc(C(F)(F)F)cn1. The lowest BCUT2D eigenvalue weighted by atomic mass is 10.0. The molecule has 0 unspecified atom stereocenters. The Hall–Kier alpha value is -3.56. The molecule has 6 nitrogen and oxygen atoms in total. The van der Waals surface area contributed by atoms with E-state index in [1.807, 2.05) is 0 Å². The third-order valence-corrected chi connectivity index (χ3v) is 4.70. The molecule has 0 N–H and O–H groups in total. The van der Waals surface area contributed by atoms with Gasteiger partial charge in [0, 0.05) is 36.8 Å². The van der Waals surface area contributed by atoms with Crippen molar-refractivity contribution in [2.45, 2.75) is 26.1 Å². The quantitative estimate of drug-likeness (QED) is 0.493. The fourth-order valence-electron chi connectivity index (χ4n) is 3.09. The molecule has 10 heteroatoms. The van der Waals surface area contributed by atoms with Crippen LogP contribution >= 0.6 is 0 Å². The number of rotatable bonds is 7. The van der Waals surface area contributed by atoms with Gasteiger partial charge in [0.2, 0.25) is 5.88 Å². The lowest BCUT2D eigenvalue weighted by Gasteiger charge is -2.28. The number of likely N-dealkylation sites (N-methyl/N-ethyl adjacent to an activating group) is 1. The van der Waals surface area contributed by atoms with E-state index in [0.717, 1.165) is 12.1 Å². The lowest BCUT2D eigenvalue weighted by molar-refractivity contribution is -0.137. The zero-order chi connectivity index (χ0) is 23.3. The second-order valence-electron chi connectivity index (χ2n) is 6.87. The normalized spacial score (nSPS) is 12.3. The number of benzene rings is 1. The summed E-state index contributed by atoms with van der Waals surface area (Å²) in [6.45, 7) is 3.60. The molecule has 0 bridgehead atoms. The van der Waals surface area contributed by atoms with Crippen molar-refractivity contribution in [3.05, 3.63) is 71.9 Å². The first-order chi connectivity index (χ1) is 15.2.